The monoisotopic (exact) mass is 353 g/mol. The fraction of sp³-hybridized carbons (Fsp3) is 0.211. The first kappa shape index (κ1) is 18.8. The van der Waals surface area contributed by atoms with Crippen LogP contribution in [0.4, 0.5) is 11.4 Å². The summed E-state index contributed by atoms with van der Waals surface area (Å²) in [6.45, 7) is 0.411. The number of hydrogen-bond acceptors (Lipinski definition) is 5. The van der Waals surface area contributed by atoms with E-state index < -0.39 is 5.97 Å². The van der Waals surface area contributed by atoms with Crippen molar-refractivity contribution in [3.63, 3.8) is 0 Å². The number of rotatable bonds is 7. The molecule has 0 aliphatic heterocycles. The van der Waals surface area contributed by atoms with Gasteiger partial charge in [0.2, 0.25) is 0 Å². The van der Waals surface area contributed by atoms with Crippen LogP contribution >= 0.6 is 0 Å². The van der Waals surface area contributed by atoms with Gasteiger partial charge in [0.25, 0.3) is 5.91 Å². The van der Waals surface area contributed by atoms with E-state index in [1.165, 1.54) is 13.2 Å². The molecule has 0 saturated heterocycles. The zero-order valence-electron chi connectivity index (χ0n) is 14.5. The second-order valence-corrected chi connectivity index (χ2v) is 5.55. The summed E-state index contributed by atoms with van der Waals surface area (Å²) in [7, 11) is 3.26. The van der Waals surface area contributed by atoms with E-state index in [9.17, 15) is 14.7 Å². The number of carboxylic acids is 1. The van der Waals surface area contributed by atoms with Gasteiger partial charge >= 0.3 is 5.97 Å². The second-order valence-electron chi connectivity index (χ2n) is 5.55. The lowest BCUT2D eigenvalue weighted by Crippen LogP contribution is -2.21. The summed E-state index contributed by atoms with van der Waals surface area (Å²) in [5, 5.41) is 20.8. The summed E-state index contributed by atoms with van der Waals surface area (Å²) < 4.78 is 5.05. The topological polar surface area (TPSA) is 103 Å². The highest BCUT2D eigenvalue weighted by atomic mass is 16.5. The van der Waals surface area contributed by atoms with Gasteiger partial charge in [0.15, 0.2) is 0 Å². The van der Waals surface area contributed by atoms with Crippen molar-refractivity contribution < 1.29 is 19.4 Å². The Hall–Kier alpha value is -3.53. The molecule has 0 bridgehead atoms. The molecule has 7 heteroatoms. The number of methoxy groups -OCH3 is 1. The zero-order valence-corrected chi connectivity index (χ0v) is 14.5. The average molecular weight is 353 g/mol. The Balaban J connectivity index is 2.21. The van der Waals surface area contributed by atoms with Gasteiger partial charge in [-0.25, -0.2) is 4.79 Å². The van der Waals surface area contributed by atoms with E-state index >= 15 is 0 Å². The third-order valence-electron chi connectivity index (χ3n) is 3.81. The molecular weight excluding hydrogens is 334 g/mol. The predicted octanol–water partition coefficient (Wildman–Crippen LogP) is 3.00. The van der Waals surface area contributed by atoms with Crippen LogP contribution in [-0.2, 0) is 0 Å². The number of carbonyl (C=O) groups is 2. The molecule has 7 nitrogen and oxygen atoms in total. The maximum atomic E-state index is 12.3. The van der Waals surface area contributed by atoms with E-state index in [2.05, 4.69) is 5.32 Å². The van der Waals surface area contributed by atoms with Crippen LogP contribution in [0.25, 0.3) is 0 Å². The molecule has 134 valence electrons. The van der Waals surface area contributed by atoms with Gasteiger partial charge in [-0.15, -0.1) is 0 Å². The number of carboxylic acid groups (broad SMARTS) is 1. The number of carbonyl (C=O) groups excluding carboxylic acids is 1. The molecule has 0 aliphatic carbocycles. The smallest absolute Gasteiger partial charge is 0.337 e. The van der Waals surface area contributed by atoms with Crippen molar-refractivity contribution in [2.75, 3.05) is 30.9 Å². The molecule has 2 aromatic carbocycles. The molecule has 0 saturated carbocycles. The molecular formula is C19H19N3O4. The molecule has 0 fully saturated rings. The van der Waals surface area contributed by atoms with Crippen molar-refractivity contribution in [1.82, 2.24) is 0 Å². The number of anilines is 2. The van der Waals surface area contributed by atoms with E-state index in [1.54, 1.807) is 48.3 Å². The lowest BCUT2D eigenvalue weighted by molar-refractivity contribution is 0.0697. The minimum Gasteiger partial charge on any atom is -0.497 e. The van der Waals surface area contributed by atoms with Crippen LogP contribution in [0, 0.1) is 11.3 Å². The summed E-state index contributed by atoms with van der Waals surface area (Å²) in [6.07, 6.45) is 0.283. The van der Waals surface area contributed by atoms with E-state index in [-0.39, 0.29) is 17.9 Å². The van der Waals surface area contributed by atoms with Crippen molar-refractivity contribution in [2.24, 2.45) is 0 Å². The highest BCUT2D eigenvalue weighted by molar-refractivity contribution is 6.05. The van der Waals surface area contributed by atoms with Crippen LogP contribution in [0.15, 0.2) is 42.5 Å². The van der Waals surface area contributed by atoms with Crippen LogP contribution in [0.3, 0.4) is 0 Å². The molecule has 2 aromatic rings. The Labute approximate surface area is 151 Å². The van der Waals surface area contributed by atoms with Gasteiger partial charge < -0.3 is 20.1 Å². The van der Waals surface area contributed by atoms with Gasteiger partial charge in [0, 0.05) is 24.8 Å². The van der Waals surface area contributed by atoms with Crippen LogP contribution in [0.2, 0.25) is 0 Å². The second kappa shape index (κ2) is 8.53. The standard InChI is InChI=1S/C19H19N3O4/c1-22(11-3-10-20)17-9-6-14(12-16(17)19(24)25)21-18(23)13-4-7-15(26-2)8-5-13/h4-9,12H,3,11H2,1-2H3,(H,21,23)(H,24,25). The number of nitriles is 1. The maximum Gasteiger partial charge on any atom is 0.337 e. The van der Waals surface area contributed by atoms with E-state index in [1.807, 2.05) is 6.07 Å². The molecule has 0 aromatic heterocycles. The van der Waals surface area contributed by atoms with Crippen LogP contribution in [-0.4, -0.2) is 37.7 Å². The van der Waals surface area contributed by atoms with Gasteiger partial charge in [-0.1, -0.05) is 0 Å². The summed E-state index contributed by atoms with van der Waals surface area (Å²) in [4.78, 5) is 25.6. The third kappa shape index (κ3) is 4.51. The van der Waals surface area contributed by atoms with Crippen molar-refractivity contribution >= 4 is 23.3 Å². The van der Waals surface area contributed by atoms with Crippen molar-refractivity contribution in [3.05, 3.63) is 53.6 Å². The molecule has 0 heterocycles. The Morgan fingerprint density at radius 2 is 1.92 bits per heavy atom. The number of aromatic carboxylic acids is 1. The summed E-state index contributed by atoms with van der Waals surface area (Å²) >= 11 is 0. The predicted molar refractivity (Wildman–Crippen MR) is 97.8 cm³/mol. The fourth-order valence-corrected chi connectivity index (χ4v) is 2.40. The van der Waals surface area contributed by atoms with Crippen molar-refractivity contribution in [3.8, 4) is 11.8 Å². The molecule has 0 aliphatic rings. The highest BCUT2D eigenvalue weighted by Crippen LogP contribution is 2.24. The first-order valence-corrected chi connectivity index (χ1v) is 7.87. The normalized spacial score (nSPS) is 9.88. The van der Waals surface area contributed by atoms with Gasteiger partial charge in [0.1, 0.15) is 5.75 Å². The van der Waals surface area contributed by atoms with Crippen LogP contribution in [0.5, 0.6) is 5.75 Å². The zero-order chi connectivity index (χ0) is 19.1. The van der Waals surface area contributed by atoms with Crippen LogP contribution in [0.1, 0.15) is 27.1 Å². The molecule has 2 rings (SSSR count). The summed E-state index contributed by atoms with van der Waals surface area (Å²) in [6, 6.07) is 13.3. The van der Waals surface area contributed by atoms with Gasteiger partial charge in [0.05, 0.1) is 30.9 Å². The minimum absolute atomic E-state index is 0.0537. The Morgan fingerprint density at radius 3 is 2.50 bits per heavy atom. The van der Waals surface area contributed by atoms with Gasteiger partial charge in [-0.2, -0.15) is 5.26 Å². The highest BCUT2D eigenvalue weighted by Gasteiger charge is 2.15. The van der Waals surface area contributed by atoms with E-state index in [0.29, 0.717) is 29.2 Å². The molecule has 0 spiro atoms. The molecule has 26 heavy (non-hydrogen) atoms. The molecule has 1 amide bonds. The first-order valence-electron chi connectivity index (χ1n) is 7.87. The fourth-order valence-electron chi connectivity index (χ4n) is 2.40. The summed E-state index contributed by atoms with van der Waals surface area (Å²) in [5.74, 6) is -0.821. The molecule has 2 N–H and O–H groups in total. The van der Waals surface area contributed by atoms with Gasteiger partial charge in [-0.3, -0.25) is 4.79 Å². The largest absolute Gasteiger partial charge is 0.497 e. The van der Waals surface area contributed by atoms with Crippen molar-refractivity contribution in [2.45, 2.75) is 6.42 Å². The number of ether oxygens (including phenoxy) is 1. The molecule has 0 atom stereocenters. The lowest BCUT2D eigenvalue weighted by Gasteiger charge is -2.20. The number of nitrogens with zero attached hydrogens (tertiary/aromatic N) is 2. The van der Waals surface area contributed by atoms with Gasteiger partial charge in [-0.05, 0) is 42.5 Å². The SMILES string of the molecule is COc1ccc(C(=O)Nc2ccc(N(C)CCC#N)c(C(=O)O)c2)cc1. The van der Waals surface area contributed by atoms with E-state index in [4.69, 9.17) is 10.00 Å². The minimum atomic E-state index is -1.11. The quantitative estimate of drug-likeness (QED) is 0.793. The van der Waals surface area contributed by atoms with Crippen molar-refractivity contribution in [1.29, 1.82) is 5.26 Å². The summed E-state index contributed by atoms with van der Waals surface area (Å²) in [5.41, 5.74) is 1.34. The number of benzene rings is 2. The Kier molecular flexibility index (Phi) is 6.17. The molecule has 0 radical (unpaired) electrons. The maximum absolute atomic E-state index is 12.3. The third-order valence-corrected chi connectivity index (χ3v) is 3.81. The van der Waals surface area contributed by atoms with Crippen LogP contribution < -0.4 is 15.0 Å². The number of hydrogen-bond donors (Lipinski definition) is 2. The van der Waals surface area contributed by atoms with E-state index in [0.717, 1.165) is 0 Å². The number of nitrogens with one attached hydrogen (secondary N) is 1. The first-order chi connectivity index (χ1) is 12.5. The Morgan fingerprint density at radius 1 is 1.23 bits per heavy atom. The molecule has 0 unspecified atom stereocenters. The average Bonchev–Trinajstić information content (AvgIpc) is 2.66. The lowest BCUT2D eigenvalue weighted by atomic mass is 10.1. The Bertz CT molecular complexity index is 841. The number of amides is 1.